The van der Waals surface area contributed by atoms with Crippen LogP contribution < -0.4 is 0 Å². The minimum Gasteiger partial charge on any atom is -0.339 e. The molecule has 4 heterocycles. The summed E-state index contributed by atoms with van der Waals surface area (Å²) in [4.78, 5) is 26.6. The van der Waals surface area contributed by atoms with Crippen LogP contribution in [0.3, 0.4) is 0 Å². The van der Waals surface area contributed by atoms with Crippen molar-refractivity contribution in [3.05, 3.63) is 41.2 Å². The lowest BCUT2D eigenvalue weighted by Crippen LogP contribution is -2.36. The van der Waals surface area contributed by atoms with Crippen molar-refractivity contribution in [1.29, 1.82) is 0 Å². The second kappa shape index (κ2) is 8.39. The largest absolute Gasteiger partial charge is 0.339 e. The Morgan fingerprint density at radius 1 is 1.14 bits per heavy atom. The van der Waals surface area contributed by atoms with Gasteiger partial charge in [-0.05, 0) is 45.6 Å². The Hall–Kier alpha value is -2.28. The molecule has 0 aromatic carbocycles. The molecule has 28 heavy (non-hydrogen) atoms. The van der Waals surface area contributed by atoms with Crippen LogP contribution in [-0.2, 0) is 13.6 Å². The Bertz CT molecular complexity index is 826. The molecule has 2 aromatic heterocycles. The maximum Gasteiger partial charge on any atom is 0.257 e. The van der Waals surface area contributed by atoms with E-state index >= 15 is 0 Å². The molecule has 7 nitrogen and oxygen atoms in total. The van der Waals surface area contributed by atoms with Gasteiger partial charge in [0.1, 0.15) is 5.82 Å². The number of hydrogen-bond acceptors (Lipinski definition) is 5. The van der Waals surface area contributed by atoms with Crippen LogP contribution in [0.5, 0.6) is 0 Å². The molecule has 150 valence electrons. The summed E-state index contributed by atoms with van der Waals surface area (Å²) < 4.78 is 1.85. The first-order valence-corrected chi connectivity index (χ1v) is 10.4. The van der Waals surface area contributed by atoms with Crippen molar-refractivity contribution in [2.75, 3.05) is 26.2 Å². The van der Waals surface area contributed by atoms with E-state index in [0.717, 1.165) is 69.9 Å². The number of rotatable bonds is 4. The lowest BCUT2D eigenvalue weighted by molar-refractivity contribution is 0.0722. The van der Waals surface area contributed by atoms with E-state index in [2.05, 4.69) is 21.2 Å². The van der Waals surface area contributed by atoms with Crippen molar-refractivity contribution < 1.29 is 4.79 Å². The predicted molar refractivity (Wildman–Crippen MR) is 107 cm³/mol. The highest BCUT2D eigenvalue weighted by atomic mass is 16.2. The molecule has 1 atom stereocenters. The second-order valence-corrected chi connectivity index (χ2v) is 8.18. The molecule has 7 heteroatoms. The zero-order chi connectivity index (χ0) is 19.5. The average molecular weight is 383 g/mol. The van der Waals surface area contributed by atoms with Gasteiger partial charge in [-0.25, -0.2) is 9.97 Å². The molecule has 0 N–H and O–H groups in total. The minimum atomic E-state index is 0.0885. The van der Waals surface area contributed by atoms with Gasteiger partial charge in [0.2, 0.25) is 0 Å². The maximum atomic E-state index is 12.8. The van der Waals surface area contributed by atoms with Crippen molar-refractivity contribution in [3.8, 4) is 0 Å². The molecule has 0 aliphatic carbocycles. The fraction of sp³-hybridized carbons (Fsp3) is 0.619. The molecule has 0 radical (unpaired) electrons. The van der Waals surface area contributed by atoms with E-state index in [1.807, 2.05) is 29.7 Å². The molecule has 2 aliphatic heterocycles. The Labute approximate surface area is 166 Å². The first kappa shape index (κ1) is 19.1. The number of likely N-dealkylation sites (tertiary alicyclic amines) is 2. The van der Waals surface area contributed by atoms with Gasteiger partial charge in [-0.3, -0.25) is 14.4 Å². The Kier molecular flexibility index (Phi) is 5.71. The summed E-state index contributed by atoms with van der Waals surface area (Å²) in [5, 5.41) is 4.26. The monoisotopic (exact) mass is 382 g/mol. The van der Waals surface area contributed by atoms with Crippen LogP contribution >= 0.6 is 0 Å². The standard InChI is InChI=1S/C21H30N6O/c1-16-19(21(28)27-9-4-3-5-10-27)12-22-20(24-16)18-7-6-8-26(15-18)14-17-11-23-25(2)13-17/h11-13,18H,3-10,14-15H2,1-2H3. The smallest absolute Gasteiger partial charge is 0.257 e. The predicted octanol–water partition coefficient (Wildman–Crippen LogP) is 2.52. The molecule has 2 fully saturated rings. The SMILES string of the molecule is Cc1nc(C2CCCN(Cc3cnn(C)c3)C2)ncc1C(=O)N1CCCCC1. The number of amides is 1. The van der Waals surface area contributed by atoms with E-state index in [1.165, 1.54) is 12.0 Å². The van der Waals surface area contributed by atoms with Crippen LogP contribution in [0, 0.1) is 6.92 Å². The van der Waals surface area contributed by atoms with E-state index < -0.39 is 0 Å². The molecule has 0 bridgehead atoms. The van der Waals surface area contributed by atoms with Gasteiger partial charge in [-0.1, -0.05) is 0 Å². The Morgan fingerprint density at radius 2 is 1.96 bits per heavy atom. The average Bonchev–Trinajstić information content (AvgIpc) is 3.13. The van der Waals surface area contributed by atoms with E-state index in [-0.39, 0.29) is 5.91 Å². The number of carbonyl (C=O) groups excluding carboxylic acids is 1. The molecule has 2 aliphatic rings. The number of carbonyl (C=O) groups is 1. The number of aromatic nitrogens is 4. The van der Waals surface area contributed by atoms with Gasteiger partial charge in [0, 0.05) is 57.1 Å². The zero-order valence-electron chi connectivity index (χ0n) is 17.0. The van der Waals surface area contributed by atoms with Crippen LogP contribution in [-0.4, -0.2) is 61.6 Å². The summed E-state index contributed by atoms with van der Waals surface area (Å²) in [7, 11) is 1.95. The van der Waals surface area contributed by atoms with Gasteiger partial charge >= 0.3 is 0 Å². The van der Waals surface area contributed by atoms with E-state index in [1.54, 1.807) is 6.20 Å². The first-order valence-electron chi connectivity index (χ1n) is 10.4. The van der Waals surface area contributed by atoms with Gasteiger partial charge in [0.05, 0.1) is 17.5 Å². The van der Waals surface area contributed by atoms with Crippen molar-refractivity contribution in [1.82, 2.24) is 29.5 Å². The molecule has 0 saturated carbocycles. The summed E-state index contributed by atoms with van der Waals surface area (Å²) in [6.45, 7) is 6.61. The summed E-state index contributed by atoms with van der Waals surface area (Å²) in [5.74, 6) is 1.29. The van der Waals surface area contributed by atoms with Gasteiger partial charge in [0.25, 0.3) is 5.91 Å². The van der Waals surface area contributed by atoms with Crippen LogP contribution in [0.25, 0.3) is 0 Å². The third-order valence-corrected chi connectivity index (χ3v) is 5.91. The summed E-state index contributed by atoms with van der Waals surface area (Å²) in [5.41, 5.74) is 2.71. The molecule has 2 saturated heterocycles. The quantitative estimate of drug-likeness (QED) is 0.813. The molecule has 2 aromatic rings. The van der Waals surface area contributed by atoms with Crippen molar-refractivity contribution in [2.24, 2.45) is 7.05 Å². The van der Waals surface area contributed by atoms with Crippen molar-refractivity contribution in [3.63, 3.8) is 0 Å². The third-order valence-electron chi connectivity index (χ3n) is 5.91. The second-order valence-electron chi connectivity index (χ2n) is 8.18. The lowest BCUT2D eigenvalue weighted by Gasteiger charge is -2.32. The molecule has 4 rings (SSSR count). The topological polar surface area (TPSA) is 67.2 Å². The van der Waals surface area contributed by atoms with Gasteiger partial charge < -0.3 is 4.90 Å². The molecular weight excluding hydrogens is 352 g/mol. The first-order chi connectivity index (χ1) is 13.6. The Morgan fingerprint density at radius 3 is 2.68 bits per heavy atom. The zero-order valence-corrected chi connectivity index (χ0v) is 17.0. The molecule has 1 unspecified atom stereocenters. The van der Waals surface area contributed by atoms with Crippen LogP contribution in [0.2, 0.25) is 0 Å². The van der Waals surface area contributed by atoms with E-state index in [0.29, 0.717) is 11.5 Å². The summed E-state index contributed by atoms with van der Waals surface area (Å²) in [6, 6.07) is 0. The van der Waals surface area contributed by atoms with E-state index in [4.69, 9.17) is 4.98 Å². The van der Waals surface area contributed by atoms with Gasteiger partial charge in [-0.15, -0.1) is 0 Å². The number of piperidine rings is 2. The highest BCUT2D eigenvalue weighted by Crippen LogP contribution is 2.26. The molecule has 1 amide bonds. The number of aryl methyl sites for hydroxylation is 2. The lowest BCUT2D eigenvalue weighted by atomic mass is 9.96. The minimum absolute atomic E-state index is 0.0885. The molecule has 0 spiro atoms. The highest BCUT2D eigenvalue weighted by Gasteiger charge is 2.26. The van der Waals surface area contributed by atoms with E-state index in [9.17, 15) is 4.79 Å². The van der Waals surface area contributed by atoms with Crippen LogP contribution in [0.4, 0.5) is 0 Å². The van der Waals surface area contributed by atoms with Gasteiger partial charge in [-0.2, -0.15) is 5.10 Å². The fourth-order valence-corrected chi connectivity index (χ4v) is 4.38. The number of nitrogens with zero attached hydrogens (tertiary/aromatic N) is 6. The normalized spacial score (nSPS) is 21.1. The third kappa shape index (κ3) is 4.24. The Balaban J connectivity index is 1.43. The maximum absolute atomic E-state index is 12.8. The highest BCUT2D eigenvalue weighted by molar-refractivity contribution is 5.95. The summed E-state index contributed by atoms with van der Waals surface area (Å²) in [6.07, 6.45) is 11.4. The van der Waals surface area contributed by atoms with Gasteiger partial charge in [0.15, 0.2) is 0 Å². The fourth-order valence-electron chi connectivity index (χ4n) is 4.38. The van der Waals surface area contributed by atoms with Crippen molar-refractivity contribution >= 4 is 5.91 Å². The number of hydrogen-bond donors (Lipinski definition) is 0. The van der Waals surface area contributed by atoms with Crippen molar-refractivity contribution in [2.45, 2.75) is 51.5 Å². The van der Waals surface area contributed by atoms with Crippen LogP contribution in [0.15, 0.2) is 18.6 Å². The molecular formula is C21H30N6O. The summed E-state index contributed by atoms with van der Waals surface area (Å²) >= 11 is 0. The van der Waals surface area contributed by atoms with Crippen LogP contribution in [0.1, 0.15) is 65.5 Å².